The lowest BCUT2D eigenvalue weighted by Crippen LogP contribution is -2.38. The van der Waals surface area contributed by atoms with Crippen LogP contribution < -0.4 is 20.1 Å². The van der Waals surface area contributed by atoms with E-state index in [1.165, 1.54) is 25.3 Å². The highest BCUT2D eigenvalue weighted by Gasteiger charge is 2.35. The van der Waals surface area contributed by atoms with Crippen LogP contribution >= 0.6 is 15.9 Å². The van der Waals surface area contributed by atoms with E-state index in [-0.39, 0.29) is 18.0 Å². The minimum Gasteiger partial charge on any atom is -0.493 e. The first kappa shape index (κ1) is 27.3. The van der Waals surface area contributed by atoms with E-state index in [1.807, 2.05) is 13.0 Å². The number of rotatable bonds is 9. The highest BCUT2D eigenvalue weighted by atomic mass is 79.9. The molecule has 3 aromatic rings. The van der Waals surface area contributed by atoms with E-state index in [0.29, 0.717) is 32.8 Å². The number of nitrogens with zero attached hydrogens (tertiary/aromatic N) is 2. The van der Waals surface area contributed by atoms with Crippen molar-refractivity contribution in [3.63, 3.8) is 0 Å². The number of nitro groups is 1. The van der Waals surface area contributed by atoms with Crippen LogP contribution in [-0.4, -0.2) is 41.3 Å². The molecule has 0 spiro atoms. The minimum atomic E-state index is -0.714. The van der Waals surface area contributed by atoms with Gasteiger partial charge in [0.25, 0.3) is 11.6 Å². The normalized spacial score (nSPS) is 13.8. The highest BCUT2D eigenvalue weighted by molar-refractivity contribution is 9.10. The van der Waals surface area contributed by atoms with Crippen LogP contribution in [0, 0.1) is 17.0 Å². The number of benzene rings is 3. The Morgan fingerprint density at radius 3 is 2.64 bits per heavy atom. The van der Waals surface area contributed by atoms with Gasteiger partial charge in [-0.2, -0.15) is 0 Å². The van der Waals surface area contributed by atoms with E-state index < -0.39 is 29.3 Å². The molecule has 0 aromatic heterocycles. The molecule has 11 nitrogen and oxygen atoms in total. The molecule has 1 heterocycles. The number of anilines is 1. The summed E-state index contributed by atoms with van der Waals surface area (Å²) >= 11 is 3.43. The van der Waals surface area contributed by atoms with Gasteiger partial charge in [0.15, 0.2) is 11.5 Å². The minimum absolute atomic E-state index is 0.0115. The van der Waals surface area contributed by atoms with Gasteiger partial charge in [-0.05, 0) is 69.9 Å². The zero-order valence-electron chi connectivity index (χ0n) is 20.9. The third-order valence-electron chi connectivity index (χ3n) is 5.63. The number of ether oxygens (including phenoxy) is 2. The molecule has 0 saturated carbocycles. The van der Waals surface area contributed by atoms with Gasteiger partial charge in [0.2, 0.25) is 5.91 Å². The van der Waals surface area contributed by atoms with Crippen LogP contribution in [0.2, 0.25) is 0 Å². The van der Waals surface area contributed by atoms with E-state index in [1.54, 1.807) is 42.5 Å². The lowest BCUT2D eigenvalue weighted by Gasteiger charge is -2.14. The van der Waals surface area contributed by atoms with Gasteiger partial charge in [-0.25, -0.2) is 9.69 Å². The summed E-state index contributed by atoms with van der Waals surface area (Å²) in [6.07, 6.45) is 1.45. The van der Waals surface area contributed by atoms with Gasteiger partial charge in [-0.3, -0.25) is 19.7 Å². The molecule has 0 bridgehead atoms. The van der Waals surface area contributed by atoms with E-state index in [0.717, 1.165) is 10.5 Å². The Bertz CT molecular complexity index is 1510. The third kappa shape index (κ3) is 6.60. The number of carbonyl (C=O) groups is 3. The van der Waals surface area contributed by atoms with Crippen molar-refractivity contribution in [3.05, 3.63) is 97.6 Å². The highest BCUT2D eigenvalue weighted by Crippen LogP contribution is 2.38. The molecular formula is C27H23BrN4O7. The number of carbonyl (C=O) groups excluding carboxylic acids is 3. The van der Waals surface area contributed by atoms with Crippen molar-refractivity contribution in [2.75, 3.05) is 19.0 Å². The van der Waals surface area contributed by atoms with Gasteiger partial charge in [0.05, 0.1) is 16.5 Å². The quantitative estimate of drug-likeness (QED) is 0.157. The zero-order chi connectivity index (χ0) is 28.1. The second-order valence-electron chi connectivity index (χ2n) is 8.55. The van der Waals surface area contributed by atoms with Crippen molar-refractivity contribution in [2.24, 2.45) is 0 Å². The lowest BCUT2D eigenvalue weighted by molar-refractivity contribution is -0.384. The summed E-state index contributed by atoms with van der Waals surface area (Å²) in [5, 5.41) is 16.2. The first-order valence-corrected chi connectivity index (χ1v) is 12.4. The van der Waals surface area contributed by atoms with Gasteiger partial charge in [-0.1, -0.05) is 24.3 Å². The summed E-state index contributed by atoms with van der Waals surface area (Å²) in [7, 11) is 1.44. The maximum Gasteiger partial charge on any atom is 0.329 e. The molecule has 1 aliphatic rings. The Balaban J connectivity index is 1.47. The van der Waals surface area contributed by atoms with Crippen molar-refractivity contribution in [1.29, 1.82) is 0 Å². The number of amides is 4. The maximum absolute atomic E-state index is 12.9. The van der Waals surface area contributed by atoms with Gasteiger partial charge < -0.3 is 20.1 Å². The average molecular weight is 595 g/mol. The second kappa shape index (κ2) is 11.8. The molecule has 3 aromatic carbocycles. The zero-order valence-corrected chi connectivity index (χ0v) is 22.5. The number of hydrogen-bond donors (Lipinski definition) is 2. The van der Waals surface area contributed by atoms with Crippen molar-refractivity contribution in [1.82, 2.24) is 10.2 Å². The Hall–Kier alpha value is -4.71. The Labute approximate surface area is 231 Å². The van der Waals surface area contributed by atoms with Crippen LogP contribution in [0.1, 0.15) is 16.7 Å². The summed E-state index contributed by atoms with van der Waals surface area (Å²) < 4.78 is 11.8. The van der Waals surface area contributed by atoms with Gasteiger partial charge in [0.1, 0.15) is 18.8 Å². The Kier molecular flexibility index (Phi) is 8.25. The molecule has 4 amide bonds. The molecule has 39 heavy (non-hydrogen) atoms. The summed E-state index contributed by atoms with van der Waals surface area (Å²) in [5.41, 5.74) is 2.56. The fourth-order valence-electron chi connectivity index (χ4n) is 3.83. The second-order valence-corrected chi connectivity index (χ2v) is 9.40. The molecule has 200 valence electrons. The molecule has 0 radical (unpaired) electrons. The van der Waals surface area contributed by atoms with E-state index in [4.69, 9.17) is 9.47 Å². The van der Waals surface area contributed by atoms with Crippen LogP contribution in [0.25, 0.3) is 6.08 Å². The van der Waals surface area contributed by atoms with E-state index in [2.05, 4.69) is 26.6 Å². The summed E-state index contributed by atoms with van der Waals surface area (Å²) in [6, 6.07) is 15.8. The lowest BCUT2D eigenvalue weighted by atomic mass is 10.1. The Morgan fingerprint density at radius 2 is 1.92 bits per heavy atom. The van der Waals surface area contributed by atoms with Crippen molar-refractivity contribution in [3.8, 4) is 11.5 Å². The largest absolute Gasteiger partial charge is 0.493 e. The fourth-order valence-corrected chi connectivity index (χ4v) is 4.40. The number of nitro benzene ring substituents is 1. The van der Waals surface area contributed by atoms with Crippen LogP contribution in [0.15, 0.2) is 70.8 Å². The SMILES string of the molecule is COc1cc(/C=C2/NC(=O)N(CC(=O)Nc3cccc(C)c3)C2=O)cc(Br)c1OCc1cccc([N+](=O)[O-])c1. The maximum atomic E-state index is 12.9. The predicted molar refractivity (Wildman–Crippen MR) is 146 cm³/mol. The van der Waals surface area contributed by atoms with Crippen LogP contribution in [0.3, 0.4) is 0 Å². The smallest absolute Gasteiger partial charge is 0.329 e. The number of urea groups is 1. The first-order chi connectivity index (χ1) is 18.6. The molecule has 0 atom stereocenters. The number of halogens is 1. The fraction of sp³-hybridized carbons (Fsp3) is 0.148. The molecule has 2 N–H and O–H groups in total. The van der Waals surface area contributed by atoms with Crippen molar-refractivity contribution < 1.29 is 28.8 Å². The molecule has 1 fully saturated rings. The van der Waals surface area contributed by atoms with Crippen LogP contribution in [0.4, 0.5) is 16.2 Å². The monoisotopic (exact) mass is 594 g/mol. The number of non-ortho nitro benzene ring substituents is 1. The van der Waals surface area contributed by atoms with Gasteiger partial charge in [0, 0.05) is 17.8 Å². The summed E-state index contributed by atoms with van der Waals surface area (Å²) in [4.78, 5) is 49.1. The number of hydrogen-bond acceptors (Lipinski definition) is 7. The molecule has 0 unspecified atom stereocenters. The number of nitrogens with one attached hydrogen (secondary N) is 2. The average Bonchev–Trinajstić information content (AvgIpc) is 3.15. The molecular weight excluding hydrogens is 572 g/mol. The van der Waals surface area contributed by atoms with Crippen LogP contribution in [0.5, 0.6) is 11.5 Å². The Morgan fingerprint density at radius 1 is 1.15 bits per heavy atom. The molecule has 1 aliphatic heterocycles. The summed E-state index contributed by atoms with van der Waals surface area (Å²) in [6.45, 7) is 1.48. The number of aryl methyl sites for hydroxylation is 1. The topological polar surface area (TPSA) is 140 Å². The molecule has 12 heteroatoms. The standard InChI is InChI=1S/C27H23BrN4O7/c1-16-5-3-7-19(9-16)29-24(33)14-31-26(34)22(30-27(31)35)12-18-11-21(28)25(23(13-18)38-2)39-15-17-6-4-8-20(10-17)32(36)37/h3-13H,14-15H2,1-2H3,(H,29,33)(H,30,35)/b22-12+. The van der Waals surface area contributed by atoms with E-state index in [9.17, 15) is 24.5 Å². The van der Waals surface area contributed by atoms with Gasteiger partial charge in [-0.15, -0.1) is 0 Å². The van der Waals surface area contributed by atoms with Crippen LogP contribution in [-0.2, 0) is 16.2 Å². The molecule has 0 aliphatic carbocycles. The number of methoxy groups -OCH3 is 1. The van der Waals surface area contributed by atoms with Crippen molar-refractivity contribution in [2.45, 2.75) is 13.5 Å². The molecule has 4 rings (SSSR count). The van der Waals surface area contributed by atoms with Crippen molar-refractivity contribution >= 4 is 51.2 Å². The van der Waals surface area contributed by atoms with E-state index >= 15 is 0 Å². The molecule has 1 saturated heterocycles. The number of imide groups is 1. The summed E-state index contributed by atoms with van der Waals surface area (Å²) in [5.74, 6) is -0.490. The third-order valence-corrected chi connectivity index (χ3v) is 6.22. The first-order valence-electron chi connectivity index (χ1n) is 11.6. The predicted octanol–water partition coefficient (Wildman–Crippen LogP) is 4.78. The van der Waals surface area contributed by atoms with Gasteiger partial charge >= 0.3 is 6.03 Å².